The van der Waals surface area contributed by atoms with Gasteiger partial charge in [0.25, 0.3) is 5.91 Å². The molecule has 2 rings (SSSR count). The molecule has 0 aliphatic rings. The quantitative estimate of drug-likeness (QED) is 0.858. The Morgan fingerprint density at radius 2 is 1.76 bits per heavy atom. The van der Waals surface area contributed by atoms with Gasteiger partial charge in [0, 0.05) is 12.3 Å². The lowest BCUT2D eigenvalue weighted by Crippen LogP contribution is -2.20. The summed E-state index contributed by atoms with van der Waals surface area (Å²) < 4.78 is 18.1. The molecule has 0 saturated heterocycles. The molecule has 0 heterocycles. The minimum absolute atomic E-state index is 0.0975. The fraction of sp³-hybridized carbons (Fsp3) is 0.188. The van der Waals surface area contributed by atoms with Crippen molar-refractivity contribution in [2.24, 2.45) is 0 Å². The Bertz CT molecular complexity index is 581. The fourth-order valence-electron chi connectivity index (χ4n) is 1.76. The summed E-state index contributed by atoms with van der Waals surface area (Å²) in [6.07, 6.45) is 0.589. The number of aliphatic hydroxyl groups excluding tert-OH is 1. The van der Waals surface area contributed by atoms with Crippen molar-refractivity contribution in [2.45, 2.75) is 6.42 Å². The van der Waals surface area contributed by atoms with Gasteiger partial charge in [-0.15, -0.1) is 0 Å². The SMILES string of the molecule is O=C(COc1ccc(CCO)cc1)Nc1ccc(F)cc1. The fourth-order valence-corrected chi connectivity index (χ4v) is 1.76. The number of halogens is 1. The van der Waals surface area contributed by atoms with Crippen LogP contribution in [0.3, 0.4) is 0 Å². The van der Waals surface area contributed by atoms with Gasteiger partial charge >= 0.3 is 0 Å². The van der Waals surface area contributed by atoms with Gasteiger partial charge < -0.3 is 15.2 Å². The minimum Gasteiger partial charge on any atom is -0.484 e. The number of hydrogen-bond donors (Lipinski definition) is 2. The Kier molecular flexibility index (Phi) is 5.29. The van der Waals surface area contributed by atoms with Crippen LogP contribution in [-0.4, -0.2) is 24.2 Å². The van der Waals surface area contributed by atoms with Crippen LogP contribution < -0.4 is 10.1 Å². The molecule has 1 amide bonds. The summed E-state index contributed by atoms with van der Waals surface area (Å²) in [6, 6.07) is 12.7. The van der Waals surface area contributed by atoms with E-state index < -0.39 is 0 Å². The Balaban J connectivity index is 1.81. The van der Waals surface area contributed by atoms with Gasteiger partial charge in [0.15, 0.2) is 6.61 Å². The van der Waals surface area contributed by atoms with Gasteiger partial charge in [0.05, 0.1) is 0 Å². The summed E-state index contributed by atoms with van der Waals surface area (Å²) in [4.78, 5) is 11.7. The lowest BCUT2D eigenvalue weighted by Gasteiger charge is -2.08. The number of aliphatic hydroxyl groups is 1. The maximum Gasteiger partial charge on any atom is 0.262 e. The van der Waals surface area contributed by atoms with Crippen LogP contribution in [0.15, 0.2) is 48.5 Å². The van der Waals surface area contributed by atoms with Crippen LogP contribution in [0, 0.1) is 5.82 Å². The van der Waals surface area contributed by atoms with Crippen molar-refractivity contribution >= 4 is 11.6 Å². The van der Waals surface area contributed by atoms with E-state index in [1.54, 1.807) is 12.1 Å². The average molecular weight is 289 g/mol. The van der Waals surface area contributed by atoms with E-state index in [1.807, 2.05) is 12.1 Å². The molecule has 0 fully saturated rings. The number of anilines is 1. The van der Waals surface area contributed by atoms with Crippen LogP contribution in [0.2, 0.25) is 0 Å². The molecule has 0 saturated carbocycles. The molecule has 0 aliphatic heterocycles. The molecule has 0 radical (unpaired) electrons. The van der Waals surface area contributed by atoms with Crippen molar-refractivity contribution in [1.29, 1.82) is 0 Å². The first kappa shape index (κ1) is 15.0. The molecule has 0 unspecified atom stereocenters. The van der Waals surface area contributed by atoms with E-state index in [2.05, 4.69) is 5.32 Å². The molecule has 0 aromatic heterocycles. The molecule has 2 aromatic carbocycles. The number of carbonyl (C=O) groups is 1. The first-order valence-electron chi connectivity index (χ1n) is 6.55. The van der Waals surface area contributed by atoms with Crippen molar-refractivity contribution in [3.8, 4) is 5.75 Å². The van der Waals surface area contributed by atoms with Gasteiger partial charge in [0.2, 0.25) is 0 Å². The molecule has 4 nitrogen and oxygen atoms in total. The molecule has 2 N–H and O–H groups in total. The number of benzene rings is 2. The molecule has 0 spiro atoms. The summed E-state index contributed by atoms with van der Waals surface area (Å²) >= 11 is 0. The monoisotopic (exact) mass is 289 g/mol. The molecular formula is C16H16FNO3. The first-order valence-corrected chi connectivity index (χ1v) is 6.55. The zero-order chi connectivity index (χ0) is 15.1. The maximum atomic E-state index is 12.7. The summed E-state index contributed by atoms with van der Waals surface area (Å²) in [5.41, 5.74) is 1.52. The largest absolute Gasteiger partial charge is 0.484 e. The van der Waals surface area contributed by atoms with Crippen LogP contribution in [0.4, 0.5) is 10.1 Å². The second-order valence-electron chi connectivity index (χ2n) is 4.46. The lowest BCUT2D eigenvalue weighted by molar-refractivity contribution is -0.118. The topological polar surface area (TPSA) is 58.6 Å². The molecule has 21 heavy (non-hydrogen) atoms. The summed E-state index contributed by atoms with van der Waals surface area (Å²) in [5.74, 6) is -0.0980. The molecule has 0 atom stereocenters. The summed E-state index contributed by atoms with van der Waals surface area (Å²) in [6.45, 7) is -0.0308. The second kappa shape index (κ2) is 7.40. The van der Waals surface area contributed by atoms with Gasteiger partial charge in [-0.2, -0.15) is 0 Å². The Morgan fingerprint density at radius 1 is 1.10 bits per heavy atom. The normalized spacial score (nSPS) is 10.2. The molecular weight excluding hydrogens is 273 g/mol. The molecule has 5 heteroatoms. The smallest absolute Gasteiger partial charge is 0.262 e. The van der Waals surface area contributed by atoms with E-state index in [-0.39, 0.29) is 24.9 Å². The third-order valence-corrected chi connectivity index (χ3v) is 2.82. The standard InChI is InChI=1S/C16H16FNO3/c17-13-3-5-14(6-4-13)18-16(20)11-21-15-7-1-12(2-8-15)9-10-19/h1-8,19H,9-11H2,(H,18,20). The third kappa shape index (κ3) is 4.89. The summed E-state index contributed by atoms with van der Waals surface area (Å²) in [5, 5.41) is 11.4. The number of rotatable bonds is 6. The molecule has 0 aliphatic carbocycles. The van der Waals surface area contributed by atoms with Crippen LogP contribution in [-0.2, 0) is 11.2 Å². The zero-order valence-electron chi connectivity index (χ0n) is 11.4. The number of carbonyl (C=O) groups excluding carboxylic acids is 1. The minimum atomic E-state index is -0.354. The van der Waals surface area contributed by atoms with E-state index >= 15 is 0 Å². The van der Waals surface area contributed by atoms with Crippen LogP contribution in [0.25, 0.3) is 0 Å². The molecule has 110 valence electrons. The number of amides is 1. The van der Waals surface area contributed by atoms with E-state index in [0.29, 0.717) is 17.9 Å². The zero-order valence-corrected chi connectivity index (χ0v) is 11.4. The Morgan fingerprint density at radius 3 is 2.38 bits per heavy atom. The van der Waals surface area contributed by atoms with Crippen molar-refractivity contribution in [1.82, 2.24) is 0 Å². The lowest BCUT2D eigenvalue weighted by atomic mass is 10.1. The molecule has 0 bridgehead atoms. The van der Waals surface area contributed by atoms with E-state index in [1.165, 1.54) is 24.3 Å². The van der Waals surface area contributed by atoms with Gasteiger partial charge in [-0.05, 0) is 48.4 Å². The van der Waals surface area contributed by atoms with Crippen LogP contribution >= 0.6 is 0 Å². The third-order valence-electron chi connectivity index (χ3n) is 2.82. The van der Waals surface area contributed by atoms with E-state index in [0.717, 1.165) is 5.56 Å². The first-order chi connectivity index (χ1) is 10.2. The highest BCUT2D eigenvalue weighted by Crippen LogP contribution is 2.13. The highest BCUT2D eigenvalue weighted by atomic mass is 19.1. The average Bonchev–Trinajstić information content (AvgIpc) is 2.49. The Hall–Kier alpha value is -2.40. The van der Waals surface area contributed by atoms with Crippen LogP contribution in [0.5, 0.6) is 5.75 Å². The maximum absolute atomic E-state index is 12.7. The molecule has 2 aromatic rings. The van der Waals surface area contributed by atoms with Crippen molar-refractivity contribution in [2.75, 3.05) is 18.5 Å². The number of ether oxygens (including phenoxy) is 1. The highest BCUT2D eigenvalue weighted by Gasteiger charge is 2.04. The predicted octanol–water partition coefficient (Wildman–Crippen LogP) is 2.38. The second-order valence-corrected chi connectivity index (χ2v) is 4.46. The van der Waals surface area contributed by atoms with Gasteiger partial charge in [-0.25, -0.2) is 4.39 Å². The van der Waals surface area contributed by atoms with Crippen molar-refractivity contribution in [3.05, 3.63) is 59.9 Å². The van der Waals surface area contributed by atoms with Gasteiger partial charge in [-0.1, -0.05) is 12.1 Å². The van der Waals surface area contributed by atoms with Crippen LogP contribution in [0.1, 0.15) is 5.56 Å². The van der Waals surface area contributed by atoms with Gasteiger partial charge in [-0.3, -0.25) is 4.79 Å². The van der Waals surface area contributed by atoms with Crippen molar-refractivity contribution < 1.29 is 19.0 Å². The summed E-state index contributed by atoms with van der Waals surface area (Å²) in [7, 11) is 0. The predicted molar refractivity (Wildman–Crippen MR) is 77.8 cm³/mol. The van der Waals surface area contributed by atoms with E-state index in [4.69, 9.17) is 9.84 Å². The van der Waals surface area contributed by atoms with Gasteiger partial charge in [0.1, 0.15) is 11.6 Å². The van der Waals surface area contributed by atoms with Crippen molar-refractivity contribution in [3.63, 3.8) is 0 Å². The Labute approximate surface area is 122 Å². The number of hydrogen-bond acceptors (Lipinski definition) is 3. The highest BCUT2D eigenvalue weighted by molar-refractivity contribution is 5.91. The van der Waals surface area contributed by atoms with E-state index in [9.17, 15) is 9.18 Å². The number of nitrogens with one attached hydrogen (secondary N) is 1.